The normalized spacial score (nSPS) is 18.8. The number of hydrogen-bond acceptors (Lipinski definition) is 7. The molecule has 1 saturated heterocycles. The molecular weight excluding hydrogens is 300 g/mol. The fourth-order valence-corrected chi connectivity index (χ4v) is 2.70. The van der Waals surface area contributed by atoms with Crippen LogP contribution in [0.5, 0.6) is 11.5 Å². The smallest absolute Gasteiger partial charge is 0.258 e. The second kappa shape index (κ2) is 6.97. The molecule has 2 atom stereocenters. The molecule has 1 aliphatic heterocycles. The van der Waals surface area contributed by atoms with E-state index in [9.17, 15) is 0 Å². The lowest BCUT2D eigenvalue weighted by Gasteiger charge is -2.17. The summed E-state index contributed by atoms with van der Waals surface area (Å²) in [5.74, 6) is 2.16. The fourth-order valence-electron chi connectivity index (χ4n) is 2.70. The van der Waals surface area contributed by atoms with Crippen molar-refractivity contribution < 1.29 is 23.5 Å². The van der Waals surface area contributed by atoms with E-state index in [1.165, 1.54) is 0 Å². The van der Waals surface area contributed by atoms with Gasteiger partial charge < -0.3 is 23.5 Å². The molecule has 0 radical (unpaired) electrons. The van der Waals surface area contributed by atoms with Gasteiger partial charge in [-0.15, -0.1) is 0 Å². The Morgan fingerprint density at radius 3 is 2.74 bits per heavy atom. The van der Waals surface area contributed by atoms with Crippen LogP contribution in [-0.2, 0) is 9.47 Å². The molecule has 23 heavy (non-hydrogen) atoms. The number of rotatable bonds is 6. The molecule has 1 aromatic heterocycles. The molecule has 124 valence electrons. The van der Waals surface area contributed by atoms with Crippen molar-refractivity contribution >= 4 is 0 Å². The van der Waals surface area contributed by atoms with Crippen LogP contribution in [0.2, 0.25) is 0 Å². The van der Waals surface area contributed by atoms with E-state index in [-0.39, 0.29) is 12.2 Å². The van der Waals surface area contributed by atoms with Crippen molar-refractivity contribution in [3.63, 3.8) is 0 Å². The number of hydrogen-bond donors (Lipinski definition) is 0. The number of benzene rings is 1. The maximum atomic E-state index is 5.66. The van der Waals surface area contributed by atoms with Gasteiger partial charge in [0.15, 0.2) is 6.10 Å². The van der Waals surface area contributed by atoms with Crippen LogP contribution in [0.25, 0.3) is 11.4 Å². The summed E-state index contributed by atoms with van der Waals surface area (Å²) in [6, 6.07) is 5.43. The molecule has 0 N–H and O–H groups in total. The van der Waals surface area contributed by atoms with E-state index in [4.69, 9.17) is 23.5 Å². The van der Waals surface area contributed by atoms with Crippen molar-refractivity contribution in [3.05, 3.63) is 24.1 Å². The van der Waals surface area contributed by atoms with E-state index in [1.54, 1.807) is 27.4 Å². The molecule has 0 aliphatic carbocycles. The lowest BCUT2D eigenvalue weighted by molar-refractivity contribution is -0.0434. The van der Waals surface area contributed by atoms with Crippen molar-refractivity contribution in [2.75, 3.05) is 27.9 Å². The van der Waals surface area contributed by atoms with Gasteiger partial charge >= 0.3 is 0 Å². The summed E-state index contributed by atoms with van der Waals surface area (Å²) in [5, 5.41) is 4.05. The van der Waals surface area contributed by atoms with Crippen molar-refractivity contribution in [1.29, 1.82) is 0 Å². The first-order chi connectivity index (χ1) is 11.3. The van der Waals surface area contributed by atoms with E-state index in [0.29, 0.717) is 23.2 Å². The first-order valence-corrected chi connectivity index (χ1v) is 7.47. The first kappa shape index (κ1) is 15.8. The van der Waals surface area contributed by atoms with Crippen molar-refractivity contribution in [3.8, 4) is 22.9 Å². The van der Waals surface area contributed by atoms with Gasteiger partial charge in [0.2, 0.25) is 5.82 Å². The third-order valence-corrected chi connectivity index (χ3v) is 3.89. The van der Waals surface area contributed by atoms with Crippen LogP contribution in [0.3, 0.4) is 0 Å². The maximum absolute atomic E-state index is 5.66. The highest BCUT2D eigenvalue weighted by Gasteiger charge is 2.32. The molecule has 7 heteroatoms. The predicted molar refractivity (Wildman–Crippen MR) is 81.6 cm³/mol. The molecular formula is C16H20N2O5. The molecule has 0 bridgehead atoms. The maximum Gasteiger partial charge on any atom is 0.258 e. The Balaban J connectivity index is 1.89. The molecule has 0 spiro atoms. The average Bonchev–Trinajstić information content (AvgIpc) is 3.27. The molecule has 3 rings (SSSR count). The monoisotopic (exact) mass is 320 g/mol. The SMILES string of the molecule is COc1ccc(-c2noc(C(OC)C3CCCO3)n2)c(OC)c1. The molecule has 2 unspecified atom stereocenters. The lowest BCUT2D eigenvalue weighted by atomic mass is 10.1. The Hall–Kier alpha value is -2.12. The molecule has 1 aromatic carbocycles. The number of methoxy groups -OCH3 is 3. The highest BCUT2D eigenvalue weighted by molar-refractivity contribution is 5.65. The summed E-state index contributed by atoms with van der Waals surface area (Å²) in [7, 11) is 4.81. The highest BCUT2D eigenvalue weighted by atomic mass is 16.6. The number of aromatic nitrogens is 2. The highest BCUT2D eigenvalue weighted by Crippen LogP contribution is 2.34. The van der Waals surface area contributed by atoms with Crippen molar-refractivity contribution in [1.82, 2.24) is 10.1 Å². The van der Waals surface area contributed by atoms with Crippen LogP contribution in [0, 0.1) is 0 Å². The second-order valence-corrected chi connectivity index (χ2v) is 5.23. The topological polar surface area (TPSA) is 75.8 Å². The Bertz CT molecular complexity index is 652. The Morgan fingerprint density at radius 2 is 2.09 bits per heavy atom. The molecule has 0 amide bonds. The molecule has 2 aromatic rings. The fraction of sp³-hybridized carbons (Fsp3) is 0.500. The van der Waals surface area contributed by atoms with Crippen LogP contribution in [0.1, 0.15) is 24.8 Å². The Morgan fingerprint density at radius 1 is 1.22 bits per heavy atom. The van der Waals surface area contributed by atoms with Gasteiger partial charge in [-0.1, -0.05) is 5.16 Å². The minimum absolute atomic E-state index is 0.0499. The van der Waals surface area contributed by atoms with Gasteiger partial charge in [0.1, 0.15) is 11.5 Å². The molecule has 1 aliphatic rings. The van der Waals surface area contributed by atoms with Crippen molar-refractivity contribution in [2.45, 2.75) is 25.0 Å². The summed E-state index contributed by atoms with van der Waals surface area (Å²) in [5.41, 5.74) is 0.727. The van der Waals surface area contributed by atoms with Crippen LogP contribution in [0.4, 0.5) is 0 Å². The zero-order valence-electron chi connectivity index (χ0n) is 13.4. The summed E-state index contributed by atoms with van der Waals surface area (Å²) in [6.45, 7) is 0.734. The summed E-state index contributed by atoms with van der Waals surface area (Å²) in [4.78, 5) is 4.46. The van der Waals surface area contributed by atoms with Crippen LogP contribution >= 0.6 is 0 Å². The Kier molecular flexibility index (Phi) is 4.78. The third-order valence-electron chi connectivity index (χ3n) is 3.89. The second-order valence-electron chi connectivity index (χ2n) is 5.23. The quantitative estimate of drug-likeness (QED) is 0.809. The summed E-state index contributed by atoms with van der Waals surface area (Å²) in [6.07, 6.45) is 1.52. The lowest BCUT2D eigenvalue weighted by Crippen LogP contribution is -2.19. The number of nitrogens with zero attached hydrogens (tertiary/aromatic N) is 2. The van der Waals surface area contributed by atoms with Gasteiger partial charge in [0.05, 0.1) is 25.9 Å². The third kappa shape index (κ3) is 3.16. The standard InChI is InChI=1S/C16H20N2O5/c1-19-10-6-7-11(13(9-10)20-2)15-17-16(23-18-15)14(21-3)12-5-4-8-22-12/h6-7,9,12,14H,4-5,8H2,1-3H3. The van der Waals surface area contributed by atoms with Gasteiger partial charge in [0.25, 0.3) is 5.89 Å². The largest absolute Gasteiger partial charge is 0.497 e. The van der Waals surface area contributed by atoms with Gasteiger partial charge in [-0.05, 0) is 25.0 Å². The summed E-state index contributed by atoms with van der Waals surface area (Å²) < 4.78 is 27.1. The zero-order valence-corrected chi connectivity index (χ0v) is 13.4. The van der Waals surface area contributed by atoms with Gasteiger partial charge in [-0.2, -0.15) is 4.98 Å². The van der Waals surface area contributed by atoms with E-state index >= 15 is 0 Å². The molecule has 7 nitrogen and oxygen atoms in total. The van der Waals surface area contributed by atoms with Crippen molar-refractivity contribution in [2.24, 2.45) is 0 Å². The first-order valence-electron chi connectivity index (χ1n) is 7.47. The van der Waals surface area contributed by atoms with Gasteiger partial charge in [0, 0.05) is 19.8 Å². The van der Waals surface area contributed by atoms with E-state index in [0.717, 1.165) is 25.0 Å². The Labute approximate surface area is 134 Å². The minimum Gasteiger partial charge on any atom is -0.497 e. The molecule has 2 heterocycles. The van der Waals surface area contributed by atoms with Gasteiger partial charge in [-0.25, -0.2) is 0 Å². The zero-order chi connectivity index (χ0) is 16.2. The minimum atomic E-state index is -0.358. The van der Waals surface area contributed by atoms with E-state index in [2.05, 4.69) is 10.1 Å². The average molecular weight is 320 g/mol. The predicted octanol–water partition coefficient (Wildman–Crippen LogP) is 2.62. The van der Waals surface area contributed by atoms with Crippen LogP contribution in [-0.4, -0.2) is 44.2 Å². The van der Waals surface area contributed by atoms with Crippen LogP contribution in [0.15, 0.2) is 22.7 Å². The summed E-state index contributed by atoms with van der Waals surface area (Å²) >= 11 is 0. The molecule has 0 saturated carbocycles. The molecule has 1 fully saturated rings. The van der Waals surface area contributed by atoms with Gasteiger partial charge in [-0.3, -0.25) is 0 Å². The van der Waals surface area contributed by atoms with Crippen LogP contribution < -0.4 is 9.47 Å². The van der Waals surface area contributed by atoms with E-state index < -0.39 is 0 Å². The number of ether oxygens (including phenoxy) is 4. The van der Waals surface area contributed by atoms with E-state index in [1.807, 2.05) is 12.1 Å².